The summed E-state index contributed by atoms with van der Waals surface area (Å²) in [7, 11) is 0. The van der Waals surface area contributed by atoms with Gasteiger partial charge in [0.25, 0.3) is 5.69 Å². The van der Waals surface area contributed by atoms with Crippen LogP contribution in [0.2, 0.25) is 0 Å². The second kappa shape index (κ2) is 5.26. The first-order chi connectivity index (χ1) is 8.66. The molecule has 0 unspecified atom stereocenters. The Bertz CT molecular complexity index is 538. The topological polar surface area (TPSA) is 99.9 Å². The zero-order valence-electron chi connectivity index (χ0n) is 9.69. The number of hydrogen-bond acceptors (Lipinski definition) is 5. The molecule has 0 amide bonds. The van der Waals surface area contributed by atoms with Crippen molar-refractivity contribution in [3.8, 4) is 0 Å². The molecule has 7 heteroatoms. The first-order valence-corrected chi connectivity index (χ1v) is 5.51. The third kappa shape index (κ3) is 2.82. The van der Waals surface area contributed by atoms with Gasteiger partial charge in [0.1, 0.15) is 12.0 Å². The second-order valence-electron chi connectivity index (χ2n) is 3.90. The summed E-state index contributed by atoms with van der Waals surface area (Å²) in [6, 6.07) is 1.48. The van der Waals surface area contributed by atoms with Crippen LogP contribution in [-0.4, -0.2) is 19.5 Å². The lowest BCUT2D eigenvalue weighted by Gasteiger charge is -2.05. The van der Waals surface area contributed by atoms with E-state index in [4.69, 9.17) is 5.73 Å². The molecule has 0 bridgehead atoms. The van der Waals surface area contributed by atoms with Crippen LogP contribution in [0.4, 0.5) is 11.5 Å². The van der Waals surface area contributed by atoms with Gasteiger partial charge in [0.15, 0.2) is 0 Å². The van der Waals surface area contributed by atoms with Gasteiger partial charge in [0.2, 0.25) is 0 Å². The fraction of sp³-hybridized carbons (Fsp3) is 0.273. The van der Waals surface area contributed by atoms with Crippen LogP contribution in [0.3, 0.4) is 0 Å². The number of nitrogens with zero attached hydrogens (tertiary/aromatic N) is 4. The quantitative estimate of drug-likeness (QED) is 0.635. The van der Waals surface area contributed by atoms with Gasteiger partial charge >= 0.3 is 0 Å². The number of anilines is 1. The maximum Gasteiger partial charge on any atom is 0.288 e. The minimum atomic E-state index is -0.466. The van der Waals surface area contributed by atoms with E-state index >= 15 is 0 Å². The largest absolute Gasteiger partial charge is 0.383 e. The Morgan fingerprint density at radius 1 is 1.50 bits per heavy atom. The maximum atomic E-state index is 10.6. The number of imidazole rings is 1. The van der Waals surface area contributed by atoms with E-state index in [1.54, 1.807) is 12.5 Å². The second-order valence-corrected chi connectivity index (χ2v) is 3.90. The third-order valence-electron chi connectivity index (χ3n) is 2.62. The maximum absolute atomic E-state index is 10.6. The van der Waals surface area contributed by atoms with Crippen LogP contribution in [-0.2, 0) is 13.0 Å². The van der Waals surface area contributed by atoms with Crippen molar-refractivity contribution in [3.63, 3.8) is 0 Å². The molecule has 2 rings (SSSR count). The molecule has 7 nitrogen and oxygen atoms in total. The molecule has 0 saturated heterocycles. The highest BCUT2D eigenvalue weighted by Gasteiger charge is 2.10. The summed E-state index contributed by atoms with van der Waals surface area (Å²) >= 11 is 0. The van der Waals surface area contributed by atoms with Crippen molar-refractivity contribution in [2.45, 2.75) is 19.4 Å². The zero-order chi connectivity index (χ0) is 13.0. The number of aromatic nitrogens is 3. The van der Waals surface area contributed by atoms with E-state index < -0.39 is 4.92 Å². The molecule has 0 spiro atoms. The number of nitro groups is 1. The molecule has 2 aromatic rings. The van der Waals surface area contributed by atoms with Gasteiger partial charge in [-0.1, -0.05) is 0 Å². The molecular formula is C11H13N5O2. The lowest BCUT2D eigenvalue weighted by molar-refractivity contribution is -0.385. The summed E-state index contributed by atoms with van der Waals surface area (Å²) in [5, 5.41) is 10.6. The van der Waals surface area contributed by atoms with Gasteiger partial charge in [-0.25, -0.2) is 9.97 Å². The number of hydrogen-bond donors (Lipinski definition) is 1. The lowest BCUT2D eigenvalue weighted by Crippen LogP contribution is -2.02. The Kier molecular flexibility index (Phi) is 3.52. The molecule has 18 heavy (non-hydrogen) atoms. The number of pyridine rings is 1. The molecule has 0 aromatic carbocycles. The van der Waals surface area contributed by atoms with Gasteiger partial charge in [-0.15, -0.1) is 0 Å². The molecule has 0 saturated carbocycles. The highest BCUT2D eigenvalue weighted by molar-refractivity contribution is 5.45. The van der Waals surface area contributed by atoms with E-state index in [9.17, 15) is 10.1 Å². The van der Waals surface area contributed by atoms with Gasteiger partial charge in [0, 0.05) is 30.6 Å². The summed E-state index contributed by atoms with van der Waals surface area (Å²) in [6.07, 6.45) is 7.96. The molecule has 0 aliphatic heterocycles. The van der Waals surface area contributed by atoms with Crippen molar-refractivity contribution in [3.05, 3.63) is 46.7 Å². The molecular weight excluding hydrogens is 234 g/mol. The minimum absolute atomic E-state index is 0.0261. The molecule has 94 valence electrons. The van der Waals surface area contributed by atoms with Crippen LogP contribution in [0.1, 0.15) is 12.0 Å². The highest BCUT2D eigenvalue weighted by atomic mass is 16.6. The summed E-state index contributed by atoms with van der Waals surface area (Å²) < 4.78 is 1.95. The Hall–Kier alpha value is -2.44. The molecule has 0 fully saturated rings. The summed E-state index contributed by atoms with van der Waals surface area (Å²) in [5.41, 5.74) is 6.38. The van der Waals surface area contributed by atoms with Crippen LogP contribution < -0.4 is 5.73 Å². The number of nitrogens with two attached hydrogens (primary N) is 1. The first kappa shape index (κ1) is 12.0. The average molecular weight is 247 g/mol. The van der Waals surface area contributed by atoms with Crippen LogP contribution in [0, 0.1) is 10.1 Å². The minimum Gasteiger partial charge on any atom is -0.383 e. The molecule has 0 aliphatic carbocycles. The van der Waals surface area contributed by atoms with Crippen molar-refractivity contribution in [1.82, 2.24) is 14.5 Å². The summed E-state index contributed by atoms with van der Waals surface area (Å²) in [6.45, 7) is 0.794. The van der Waals surface area contributed by atoms with Crippen LogP contribution in [0.15, 0.2) is 31.0 Å². The van der Waals surface area contributed by atoms with Crippen molar-refractivity contribution in [2.24, 2.45) is 0 Å². The molecule has 2 N–H and O–H groups in total. The number of rotatable bonds is 5. The van der Waals surface area contributed by atoms with E-state index in [1.165, 1.54) is 12.3 Å². The zero-order valence-corrected chi connectivity index (χ0v) is 9.69. The third-order valence-corrected chi connectivity index (χ3v) is 2.62. The summed E-state index contributed by atoms with van der Waals surface area (Å²) in [5.74, 6) is 0.353. The van der Waals surface area contributed by atoms with E-state index in [-0.39, 0.29) is 5.69 Å². The van der Waals surface area contributed by atoms with Crippen LogP contribution >= 0.6 is 0 Å². The predicted octanol–water partition coefficient (Wildman–Crippen LogP) is 1.40. The van der Waals surface area contributed by atoms with Crippen molar-refractivity contribution in [2.75, 3.05) is 5.73 Å². The highest BCUT2D eigenvalue weighted by Crippen LogP contribution is 2.18. The standard InChI is InChI=1S/C11H13N5O2/c12-11-9(6-10(7-14-11)16(17)18)2-1-4-15-5-3-13-8-15/h3,5-8H,1-2,4H2,(H2,12,14). The molecule has 0 aliphatic rings. The Morgan fingerprint density at radius 2 is 2.33 bits per heavy atom. The Morgan fingerprint density at radius 3 is 3.00 bits per heavy atom. The van der Waals surface area contributed by atoms with Crippen molar-refractivity contribution >= 4 is 11.5 Å². The van der Waals surface area contributed by atoms with E-state index in [0.717, 1.165) is 13.0 Å². The Balaban J connectivity index is 2.00. The molecule has 2 heterocycles. The fourth-order valence-electron chi connectivity index (χ4n) is 1.68. The van der Waals surface area contributed by atoms with Gasteiger partial charge < -0.3 is 10.3 Å². The van der Waals surface area contributed by atoms with E-state index in [0.29, 0.717) is 17.8 Å². The van der Waals surface area contributed by atoms with Crippen LogP contribution in [0.25, 0.3) is 0 Å². The van der Waals surface area contributed by atoms with Crippen LogP contribution in [0.5, 0.6) is 0 Å². The van der Waals surface area contributed by atoms with Gasteiger partial charge in [-0.3, -0.25) is 10.1 Å². The number of aryl methyl sites for hydroxylation is 2. The van der Waals surface area contributed by atoms with Gasteiger partial charge in [0.05, 0.1) is 11.3 Å². The van der Waals surface area contributed by atoms with Crippen molar-refractivity contribution in [1.29, 1.82) is 0 Å². The first-order valence-electron chi connectivity index (χ1n) is 5.51. The Labute approximate surface area is 103 Å². The molecule has 0 radical (unpaired) electrons. The molecule has 0 atom stereocenters. The number of nitrogen functional groups attached to an aromatic ring is 1. The SMILES string of the molecule is Nc1ncc([N+](=O)[O-])cc1CCCn1ccnc1. The average Bonchev–Trinajstić information content (AvgIpc) is 2.84. The summed E-state index contributed by atoms with van der Waals surface area (Å²) in [4.78, 5) is 17.9. The van der Waals surface area contributed by atoms with Gasteiger partial charge in [-0.2, -0.15) is 0 Å². The monoisotopic (exact) mass is 247 g/mol. The molecule has 2 aromatic heterocycles. The fourth-order valence-corrected chi connectivity index (χ4v) is 1.68. The lowest BCUT2D eigenvalue weighted by atomic mass is 10.1. The van der Waals surface area contributed by atoms with E-state index in [2.05, 4.69) is 9.97 Å². The van der Waals surface area contributed by atoms with Crippen molar-refractivity contribution < 1.29 is 4.92 Å². The van der Waals surface area contributed by atoms with E-state index in [1.807, 2.05) is 10.8 Å². The smallest absolute Gasteiger partial charge is 0.288 e. The predicted molar refractivity (Wildman–Crippen MR) is 65.9 cm³/mol. The normalized spacial score (nSPS) is 10.4. The van der Waals surface area contributed by atoms with Gasteiger partial charge in [-0.05, 0) is 12.8 Å².